The summed E-state index contributed by atoms with van der Waals surface area (Å²) in [5.74, 6) is 1.73. The Labute approximate surface area is 117 Å². The number of rotatable bonds is 3. The molecule has 0 aliphatic carbocycles. The van der Waals surface area contributed by atoms with Gasteiger partial charge in [-0.25, -0.2) is 4.79 Å². The Bertz CT molecular complexity index is 536. The molecular weight excluding hydrogens is 266 g/mol. The first-order chi connectivity index (χ1) is 8.91. The highest BCUT2D eigenvalue weighted by Crippen LogP contribution is 2.16. The monoisotopic (exact) mass is 279 g/mol. The zero-order valence-electron chi connectivity index (χ0n) is 10.7. The third-order valence-electron chi connectivity index (χ3n) is 2.63. The first-order valence-corrected chi connectivity index (χ1v) is 6.06. The van der Waals surface area contributed by atoms with Gasteiger partial charge in [-0.1, -0.05) is 36.6 Å². The molecule has 5 heteroatoms. The number of imide groups is 1. The number of halogens is 1. The third kappa shape index (κ3) is 4.01. The van der Waals surface area contributed by atoms with E-state index in [2.05, 4.69) is 11.2 Å². The number of nitrogens with one attached hydrogen (secondary N) is 1. The van der Waals surface area contributed by atoms with Gasteiger partial charge in [0.1, 0.15) is 0 Å². The summed E-state index contributed by atoms with van der Waals surface area (Å²) in [6.07, 6.45) is 4.82. The van der Waals surface area contributed by atoms with Crippen molar-refractivity contribution in [3.63, 3.8) is 0 Å². The summed E-state index contributed by atoms with van der Waals surface area (Å²) in [5.41, 5.74) is -0.842. The minimum absolute atomic E-state index is 0.194. The normalized spacial score (nSPS) is 12.9. The van der Waals surface area contributed by atoms with Gasteiger partial charge in [0.25, 0.3) is 5.91 Å². The van der Waals surface area contributed by atoms with Crippen molar-refractivity contribution in [2.45, 2.75) is 25.9 Å². The molecule has 0 spiro atoms. The molecule has 0 aliphatic rings. The molecular formula is C14H14ClNO3. The second-order valence-corrected chi connectivity index (χ2v) is 4.46. The Morgan fingerprint density at radius 3 is 2.63 bits per heavy atom. The number of terminal acetylenes is 1. The molecule has 100 valence electrons. The fraction of sp³-hybridized carbons (Fsp3) is 0.286. The van der Waals surface area contributed by atoms with E-state index in [0.29, 0.717) is 6.42 Å². The van der Waals surface area contributed by atoms with E-state index in [1.54, 1.807) is 32.0 Å². The minimum Gasteiger partial charge on any atom is -0.430 e. The van der Waals surface area contributed by atoms with E-state index in [4.69, 9.17) is 22.8 Å². The summed E-state index contributed by atoms with van der Waals surface area (Å²) in [5, 5.41) is 2.33. The van der Waals surface area contributed by atoms with E-state index in [9.17, 15) is 9.59 Å². The fourth-order valence-electron chi connectivity index (χ4n) is 1.24. The van der Waals surface area contributed by atoms with Crippen LogP contribution >= 0.6 is 11.6 Å². The van der Waals surface area contributed by atoms with Gasteiger partial charge < -0.3 is 4.74 Å². The molecule has 0 radical (unpaired) electrons. The summed E-state index contributed by atoms with van der Waals surface area (Å²) in [6, 6.07) is 6.39. The Morgan fingerprint density at radius 1 is 1.47 bits per heavy atom. The van der Waals surface area contributed by atoms with E-state index < -0.39 is 17.6 Å². The van der Waals surface area contributed by atoms with Crippen LogP contribution in [0.5, 0.6) is 0 Å². The number of alkyl carbamates (subject to hydrolysis) is 1. The molecule has 1 aromatic carbocycles. The molecule has 0 saturated carbocycles. The lowest BCUT2D eigenvalue weighted by molar-refractivity contribution is 0.0602. The van der Waals surface area contributed by atoms with E-state index >= 15 is 0 Å². The molecule has 0 aliphatic heterocycles. The number of ether oxygens (including phenoxy) is 1. The van der Waals surface area contributed by atoms with Gasteiger partial charge in [0.15, 0.2) is 5.60 Å². The molecule has 1 rings (SSSR count). The Hall–Kier alpha value is -1.99. The lowest BCUT2D eigenvalue weighted by Gasteiger charge is -2.21. The first-order valence-electron chi connectivity index (χ1n) is 5.68. The van der Waals surface area contributed by atoms with Gasteiger partial charge in [-0.2, -0.15) is 0 Å². The van der Waals surface area contributed by atoms with Crippen LogP contribution in [-0.2, 0) is 4.74 Å². The molecule has 1 N–H and O–H groups in total. The van der Waals surface area contributed by atoms with Crippen molar-refractivity contribution in [3.05, 3.63) is 34.9 Å². The summed E-state index contributed by atoms with van der Waals surface area (Å²) < 4.78 is 5.02. The van der Waals surface area contributed by atoms with Crippen LogP contribution < -0.4 is 5.32 Å². The number of amides is 2. The van der Waals surface area contributed by atoms with E-state index in [-0.39, 0.29) is 10.6 Å². The topological polar surface area (TPSA) is 55.4 Å². The van der Waals surface area contributed by atoms with Crippen molar-refractivity contribution >= 4 is 23.6 Å². The number of hydrogen-bond donors (Lipinski definition) is 1. The molecule has 0 bridgehead atoms. The molecule has 2 amide bonds. The van der Waals surface area contributed by atoms with E-state index in [1.807, 2.05) is 0 Å². The van der Waals surface area contributed by atoms with Crippen LogP contribution in [0.15, 0.2) is 24.3 Å². The van der Waals surface area contributed by atoms with Crippen LogP contribution in [0.25, 0.3) is 0 Å². The second-order valence-electron chi connectivity index (χ2n) is 4.05. The van der Waals surface area contributed by atoms with Crippen LogP contribution in [0.1, 0.15) is 30.6 Å². The molecule has 0 aromatic heterocycles. The van der Waals surface area contributed by atoms with Gasteiger partial charge in [0.05, 0.1) is 10.6 Å². The summed E-state index contributed by atoms with van der Waals surface area (Å²) in [7, 11) is 0. The van der Waals surface area contributed by atoms with Crippen molar-refractivity contribution in [2.24, 2.45) is 0 Å². The van der Waals surface area contributed by atoms with E-state index in [0.717, 1.165) is 0 Å². The maximum atomic E-state index is 11.8. The SMILES string of the molecule is C#CC(C)(CC)OC(=O)NC(=O)c1ccccc1Cl. The Balaban J connectivity index is 2.71. The zero-order valence-corrected chi connectivity index (χ0v) is 11.5. The van der Waals surface area contributed by atoms with Crippen LogP contribution in [0, 0.1) is 12.3 Å². The molecule has 19 heavy (non-hydrogen) atoms. The maximum Gasteiger partial charge on any atom is 0.415 e. The molecule has 1 atom stereocenters. The number of carbonyl (C=O) groups is 2. The summed E-state index contributed by atoms with van der Waals surface area (Å²) in [6.45, 7) is 3.37. The number of benzene rings is 1. The van der Waals surface area contributed by atoms with Crippen LogP contribution in [-0.4, -0.2) is 17.6 Å². The molecule has 0 fully saturated rings. The van der Waals surface area contributed by atoms with Gasteiger partial charge in [-0.3, -0.25) is 10.1 Å². The average Bonchev–Trinajstić information content (AvgIpc) is 2.38. The van der Waals surface area contributed by atoms with Gasteiger partial charge in [-0.15, -0.1) is 6.42 Å². The number of hydrogen-bond acceptors (Lipinski definition) is 3. The van der Waals surface area contributed by atoms with Crippen LogP contribution in [0.2, 0.25) is 5.02 Å². The highest BCUT2D eigenvalue weighted by Gasteiger charge is 2.25. The lowest BCUT2D eigenvalue weighted by atomic mass is 10.1. The largest absolute Gasteiger partial charge is 0.430 e. The summed E-state index contributed by atoms with van der Waals surface area (Å²) >= 11 is 5.84. The van der Waals surface area contributed by atoms with Gasteiger partial charge in [0.2, 0.25) is 0 Å². The average molecular weight is 280 g/mol. The molecule has 1 unspecified atom stereocenters. The number of carbonyl (C=O) groups excluding carboxylic acids is 2. The van der Waals surface area contributed by atoms with Crippen LogP contribution in [0.4, 0.5) is 4.79 Å². The summed E-state index contributed by atoms with van der Waals surface area (Å²) in [4.78, 5) is 23.4. The highest BCUT2D eigenvalue weighted by molar-refractivity contribution is 6.34. The smallest absolute Gasteiger partial charge is 0.415 e. The van der Waals surface area contributed by atoms with Crippen molar-refractivity contribution in [1.29, 1.82) is 0 Å². The molecule has 0 heterocycles. The van der Waals surface area contributed by atoms with Crippen molar-refractivity contribution in [1.82, 2.24) is 5.32 Å². The minimum atomic E-state index is -1.04. The second kappa shape index (κ2) is 6.26. The highest BCUT2D eigenvalue weighted by atomic mass is 35.5. The van der Waals surface area contributed by atoms with Gasteiger partial charge >= 0.3 is 6.09 Å². The maximum absolute atomic E-state index is 11.8. The van der Waals surface area contributed by atoms with Crippen molar-refractivity contribution in [3.8, 4) is 12.3 Å². The molecule has 4 nitrogen and oxygen atoms in total. The fourth-order valence-corrected chi connectivity index (χ4v) is 1.46. The van der Waals surface area contributed by atoms with Crippen molar-refractivity contribution < 1.29 is 14.3 Å². The van der Waals surface area contributed by atoms with Crippen molar-refractivity contribution in [2.75, 3.05) is 0 Å². The van der Waals surface area contributed by atoms with Gasteiger partial charge in [-0.05, 0) is 25.5 Å². The van der Waals surface area contributed by atoms with Gasteiger partial charge in [0, 0.05) is 0 Å². The predicted molar refractivity (Wildman–Crippen MR) is 72.9 cm³/mol. The van der Waals surface area contributed by atoms with Crippen LogP contribution in [0.3, 0.4) is 0 Å². The quantitative estimate of drug-likeness (QED) is 0.866. The third-order valence-corrected chi connectivity index (χ3v) is 2.96. The first kappa shape index (κ1) is 15.1. The Morgan fingerprint density at radius 2 is 2.11 bits per heavy atom. The standard InChI is InChI=1S/C14H14ClNO3/c1-4-14(3,5-2)19-13(18)16-12(17)10-8-6-7-9-11(10)15/h1,6-9H,5H2,2-3H3,(H,16,17,18). The lowest BCUT2D eigenvalue weighted by Crippen LogP contribution is -2.38. The Kier molecular flexibility index (Phi) is 4.96. The predicted octanol–water partition coefficient (Wildman–Crippen LogP) is 3.01. The molecule has 1 aromatic rings. The van der Waals surface area contributed by atoms with E-state index in [1.165, 1.54) is 6.07 Å². The zero-order chi connectivity index (χ0) is 14.5. The molecule has 0 saturated heterocycles.